The summed E-state index contributed by atoms with van der Waals surface area (Å²) >= 11 is 1.81. The zero-order chi connectivity index (χ0) is 10.7. The van der Waals surface area contributed by atoms with Crippen LogP contribution in [-0.2, 0) is 0 Å². The van der Waals surface area contributed by atoms with E-state index in [0.29, 0.717) is 0 Å². The van der Waals surface area contributed by atoms with Crippen molar-refractivity contribution < 1.29 is 0 Å². The fraction of sp³-hybridized carbons (Fsp3) is 0.692. The number of nitrogens with two attached hydrogens (primary N) is 1. The fourth-order valence-corrected chi connectivity index (χ4v) is 3.31. The third kappa shape index (κ3) is 3.05. The third-order valence-electron chi connectivity index (χ3n) is 3.54. The van der Waals surface area contributed by atoms with Crippen molar-refractivity contribution in [2.24, 2.45) is 11.7 Å². The summed E-state index contributed by atoms with van der Waals surface area (Å²) in [5, 5.41) is 2.22. The van der Waals surface area contributed by atoms with Gasteiger partial charge >= 0.3 is 0 Å². The number of aryl methyl sites for hydroxylation is 1. The fourth-order valence-electron chi connectivity index (χ4n) is 2.54. The van der Waals surface area contributed by atoms with Crippen molar-refractivity contribution in [3.05, 3.63) is 21.9 Å². The molecule has 84 valence electrons. The molecule has 0 spiro atoms. The second-order valence-electron chi connectivity index (χ2n) is 4.83. The highest BCUT2D eigenvalue weighted by Crippen LogP contribution is 2.31. The van der Waals surface area contributed by atoms with E-state index in [1.165, 1.54) is 49.0 Å². The highest BCUT2D eigenvalue weighted by atomic mass is 32.1. The Morgan fingerprint density at radius 2 is 2.20 bits per heavy atom. The van der Waals surface area contributed by atoms with Gasteiger partial charge < -0.3 is 5.73 Å². The molecular formula is C13H21NS. The zero-order valence-electron chi connectivity index (χ0n) is 9.54. The first-order chi connectivity index (χ1) is 7.25. The molecule has 1 atom stereocenters. The van der Waals surface area contributed by atoms with Gasteiger partial charge in [0.1, 0.15) is 0 Å². The number of rotatable bonds is 4. The molecular weight excluding hydrogens is 202 g/mol. The van der Waals surface area contributed by atoms with Crippen LogP contribution in [0.5, 0.6) is 0 Å². The van der Waals surface area contributed by atoms with Crippen molar-refractivity contribution in [2.75, 3.05) is 0 Å². The number of hydrogen-bond acceptors (Lipinski definition) is 2. The highest BCUT2D eigenvalue weighted by Gasteiger charge is 2.16. The summed E-state index contributed by atoms with van der Waals surface area (Å²) in [6.45, 7) is 2.15. The quantitative estimate of drug-likeness (QED) is 0.819. The third-order valence-corrected chi connectivity index (χ3v) is 4.42. The monoisotopic (exact) mass is 223 g/mol. The second kappa shape index (κ2) is 5.13. The van der Waals surface area contributed by atoms with Gasteiger partial charge in [0.2, 0.25) is 0 Å². The maximum Gasteiger partial charge on any atom is 0.0303 e. The Hall–Kier alpha value is -0.340. The summed E-state index contributed by atoms with van der Waals surface area (Å²) in [5.41, 5.74) is 7.54. The predicted octanol–water partition coefficient (Wildman–Crippen LogP) is 4.03. The van der Waals surface area contributed by atoms with Gasteiger partial charge in [-0.1, -0.05) is 25.7 Å². The van der Waals surface area contributed by atoms with Crippen molar-refractivity contribution in [3.63, 3.8) is 0 Å². The molecule has 1 nitrogen and oxygen atoms in total. The average Bonchev–Trinajstić information content (AvgIpc) is 2.84. The Morgan fingerprint density at radius 1 is 1.47 bits per heavy atom. The van der Waals surface area contributed by atoms with Crippen molar-refractivity contribution >= 4 is 11.3 Å². The molecule has 2 rings (SSSR count). The van der Waals surface area contributed by atoms with Crippen molar-refractivity contribution in [1.29, 1.82) is 0 Å². The maximum absolute atomic E-state index is 6.19. The second-order valence-corrected chi connectivity index (χ2v) is 5.94. The Kier molecular flexibility index (Phi) is 3.81. The van der Waals surface area contributed by atoms with Gasteiger partial charge in [-0.05, 0) is 42.7 Å². The van der Waals surface area contributed by atoms with Crippen LogP contribution in [0, 0.1) is 12.8 Å². The molecule has 2 heteroatoms. The minimum Gasteiger partial charge on any atom is -0.324 e. The molecule has 1 aromatic heterocycles. The molecule has 1 aromatic rings. The van der Waals surface area contributed by atoms with Crippen molar-refractivity contribution in [3.8, 4) is 0 Å². The molecule has 1 heterocycles. The Labute approximate surface area is 96.7 Å². The molecule has 0 amide bonds. The largest absolute Gasteiger partial charge is 0.324 e. The summed E-state index contributed by atoms with van der Waals surface area (Å²) in [7, 11) is 0. The molecule has 0 saturated heterocycles. The molecule has 1 fully saturated rings. The predicted molar refractivity (Wildman–Crippen MR) is 67.2 cm³/mol. The van der Waals surface area contributed by atoms with Gasteiger partial charge in [-0.3, -0.25) is 0 Å². The van der Waals surface area contributed by atoms with Gasteiger partial charge in [-0.25, -0.2) is 0 Å². The van der Waals surface area contributed by atoms with Gasteiger partial charge in [0.15, 0.2) is 0 Å². The van der Waals surface area contributed by atoms with E-state index in [-0.39, 0.29) is 6.04 Å². The molecule has 0 bridgehead atoms. The maximum atomic E-state index is 6.19. The lowest BCUT2D eigenvalue weighted by molar-refractivity contribution is 0.454. The SMILES string of the molecule is Cc1cc(C(N)CCC2CCCC2)cs1. The molecule has 0 aliphatic heterocycles. The summed E-state index contributed by atoms with van der Waals surface area (Å²) < 4.78 is 0. The van der Waals surface area contributed by atoms with Crippen LogP contribution in [-0.4, -0.2) is 0 Å². The van der Waals surface area contributed by atoms with Gasteiger partial charge in [0.05, 0.1) is 0 Å². The Bertz CT molecular complexity index is 299. The number of hydrogen-bond donors (Lipinski definition) is 1. The van der Waals surface area contributed by atoms with Gasteiger partial charge in [-0.15, -0.1) is 11.3 Å². The molecule has 0 aromatic carbocycles. The van der Waals surface area contributed by atoms with Crippen LogP contribution in [0.1, 0.15) is 55.0 Å². The van der Waals surface area contributed by atoms with Crippen LogP contribution in [0.3, 0.4) is 0 Å². The molecule has 1 saturated carbocycles. The Morgan fingerprint density at radius 3 is 2.80 bits per heavy atom. The van der Waals surface area contributed by atoms with Crippen LogP contribution in [0.2, 0.25) is 0 Å². The van der Waals surface area contributed by atoms with Gasteiger partial charge in [-0.2, -0.15) is 0 Å². The van der Waals surface area contributed by atoms with E-state index in [0.717, 1.165) is 5.92 Å². The first-order valence-electron chi connectivity index (χ1n) is 6.06. The van der Waals surface area contributed by atoms with Gasteiger partial charge in [0, 0.05) is 10.9 Å². The van der Waals surface area contributed by atoms with Crippen molar-refractivity contribution in [1.82, 2.24) is 0 Å². The lowest BCUT2D eigenvalue weighted by atomic mass is 9.96. The van der Waals surface area contributed by atoms with E-state index in [2.05, 4.69) is 18.4 Å². The first-order valence-corrected chi connectivity index (χ1v) is 6.94. The molecule has 2 N–H and O–H groups in total. The lowest BCUT2D eigenvalue weighted by Gasteiger charge is -2.13. The summed E-state index contributed by atoms with van der Waals surface area (Å²) in [6, 6.07) is 2.51. The smallest absolute Gasteiger partial charge is 0.0303 e. The standard InChI is InChI=1S/C13H21NS/c1-10-8-12(9-15-10)13(14)7-6-11-4-2-3-5-11/h8-9,11,13H,2-7,14H2,1H3. The van der Waals surface area contributed by atoms with E-state index in [9.17, 15) is 0 Å². The normalized spacial score (nSPS) is 19.6. The van der Waals surface area contributed by atoms with E-state index >= 15 is 0 Å². The van der Waals surface area contributed by atoms with E-state index in [1.54, 1.807) is 0 Å². The minimum atomic E-state index is 0.274. The average molecular weight is 223 g/mol. The van der Waals surface area contributed by atoms with Crippen LogP contribution in [0.4, 0.5) is 0 Å². The van der Waals surface area contributed by atoms with Crippen LogP contribution in [0.25, 0.3) is 0 Å². The first kappa shape index (κ1) is 11.2. The van der Waals surface area contributed by atoms with Crippen LogP contribution < -0.4 is 5.73 Å². The molecule has 0 radical (unpaired) electrons. The van der Waals surface area contributed by atoms with Crippen molar-refractivity contribution in [2.45, 2.75) is 51.5 Å². The zero-order valence-corrected chi connectivity index (χ0v) is 10.4. The van der Waals surface area contributed by atoms with E-state index in [4.69, 9.17) is 5.73 Å². The van der Waals surface area contributed by atoms with E-state index in [1.807, 2.05) is 11.3 Å². The van der Waals surface area contributed by atoms with E-state index < -0.39 is 0 Å². The number of thiophene rings is 1. The summed E-state index contributed by atoms with van der Waals surface area (Å²) in [6.07, 6.45) is 8.26. The topological polar surface area (TPSA) is 26.0 Å². The minimum absolute atomic E-state index is 0.274. The molecule has 1 aliphatic rings. The summed E-state index contributed by atoms with van der Waals surface area (Å²) in [5.74, 6) is 0.968. The lowest BCUT2D eigenvalue weighted by Crippen LogP contribution is -2.10. The summed E-state index contributed by atoms with van der Waals surface area (Å²) in [4.78, 5) is 1.38. The molecule has 15 heavy (non-hydrogen) atoms. The molecule has 1 aliphatic carbocycles. The van der Waals surface area contributed by atoms with Gasteiger partial charge in [0.25, 0.3) is 0 Å². The Balaban J connectivity index is 1.79. The van der Waals surface area contributed by atoms with Crippen LogP contribution in [0.15, 0.2) is 11.4 Å². The highest BCUT2D eigenvalue weighted by molar-refractivity contribution is 7.10. The van der Waals surface area contributed by atoms with Crippen LogP contribution >= 0.6 is 11.3 Å². The molecule has 1 unspecified atom stereocenters.